The number of hydrogen-bond donors (Lipinski definition) is 3. The molecule has 12 heteroatoms. The van der Waals surface area contributed by atoms with E-state index in [1.54, 1.807) is 0 Å². The van der Waals surface area contributed by atoms with Gasteiger partial charge in [0.15, 0.2) is 17.5 Å². The van der Waals surface area contributed by atoms with Crippen LogP contribution < -0.4 is 0 Å². The molecule has 0 radical (unpaired) electrons. The van der Waals surface area contributed by atoms with Crippen LogP contribution in [0.25, 0.3) is 0 Å². The van der Waals surface area contributed by atoms with E-state index in [4.69, 9.17) is 0 Å². The van der Waals surface area contributed by atoms with Crippen LogP contribution in [0.2, 0.25) is 0 Å². The summed E-state index contributed by atoms with van der Waals surface area (Å²) in [5, 5.41) is 41.8. The van der Waals surface area contributed by atoms with Gasteiger partial charge in [0, 0.05) is 18.8 Å². The van der Waals surface area contributed by atoms with E-state index in [2.05, 4.69) is 61.9 Å². The lowest BCUT2D eigenvalue weighted by Crippen LogP contribution is -2.07. The number of aromatic nitrogens is 12. The molecule has 3 N–H and O–H groups in total. The zero-order chi connectivity index (χ0) is 13.6. The largest absolute Gasteiger partial charge is 0.177 e. The highest BCUT2D eigenvalue weighted by Gasteiger charge is 2.18. The van der Waals surface area contributed by atoms with Crippen molar-refractivity contribution in [1.82, 2.24) is 61.9 Å². The summed E-state index contributed by atoms with van der Waals surface area (Å²) in [7, 11) is 0. The van der Waals surface area contributed by atoms with Gasteiger partial charge in [0.1, 0.15) is 0 Å². The summed E-state index contributed by atoms with van der Waals surface area (Å²) >= 11 is 0. The molecular weight excluding hydrogens is 264 g/mol. The van der Waals surface area contributed by atoms with Gasteiger partial charge in [-0.05, 0) is 12.8 Å². The highest BCUT2D eigenvalue weighted by Crippen LogP contribution is 2.22. The first-order valence-electron chi connectivity index (χ1n) is 6.10. The molecule has 3 heterocycles. The number of nitrogens with zero attached hydrogens (tertiary/aromatic N) is 9. The van der Waals surface area contributed by atoms with Gasteiger partial charge in [-0.2, -0.15) is 15.6 Å². The molecule has 0 aliphatic rings. The minimum atomic E-state index is 0.116. The second-order valence-corrected chi connectivity index (χ2v) is 4.20. The summed E-state index contributed by atoms with van der Waals surface area (Å²) in [4.78, 5) is 0. The number of tetrazole rings is 3. The minimum absolute atomic E-state index is 0.116. The molecule has 12 nitrogen and oxygen atoms in total. The van der Waals surface area contributed by atoms with Crippen molar-refractivity contribution in [2.75, 3.05) is 0 Å². The van der Waals surface area contributed by atoms with Crippen LogP contribution in [-0.2, 0) is 12.8 Å². The van der Waals surface area contributed by atoms with Crippen molar-refractivity contribution in [3.8, 4) is 0 Å². The number of hydrogen-bond acceptors (Lipinski definition) is 9. The molecule has 3 rings (SSSR count). The fourth-order valence-electron chi connectivity index (χ4n) is 1.93. The molecule has 0 bridgehead atoms. The molecule has 3 aromatic rings. The standard InChI is InChI=1S/C8H12N12/c1(3-6-9-15-16-10-6)5(8-13-19-20-14-8)2-4-7-11-17-18-12-7/h5H,1-4H2,(H,9,10,15,16)(H,11,12,17,18)(H,13,14,19,20). The van der Waals surface area contributed by atoms with Gasteiger partial charge in [0.2, 0.25) is 0 Å². The van der Waals surface area contributed by atoms with E-state index in [1.165, 1.54) is 0 Å². The topological polar surface area (TPSA) is 163 Å². The number of aromatic amines is 3. The van der Waals surface area contributed by atoms with Gasteiger partial charge < -0.3 is 0 Å². The predicted molar refractivity (Wildman–Crippen MR) is 61.9 cm³/mol. The molecule has 0 amide bonds. The van der Waals surface area contributed by atoms with E-state index in [-0.39, 0.29) is 5.92 Å². The highest BCUT2D eigenvalue weighted by molar-refractivity contribution is 4.95. The Hall–Kier alpha value is -2.79. The molecule has 0 saturated carbocycles. The molecule has 104 valence electrons. The molecule has 0 aliphatic heterocycles. The second-order valence-electron chi connectivity index (χ2n) is 4.20. The Balaban J connectivity index is 1.61. The van der Waals surface area contributed by atoms with Crippen LogP contribution in [0.1, 0.15) is 36.2 Å². The van der Waals surface area contributed by atoms with E-state index in [0.717, 1.165) is 12.8 Å². The van der Waals surface area contributed by atoms with Crippen molar-refractivity contribution < 1.29 is 0 Å². The Bertz CT molecular complexity index is 545. The highest BCUT2D eigenvalue weighted by atomic mass is 15.5. The smallest absolute Gasteiger partial charge is 0.177 e. The SMILES string of the molecule is C(CC(CCc1nn[nH]n1)c1nn[nH]n1)c1nn[nH]n1. The summed E-state index contributed by atoms with van der Waals surface area (Å²) in [5.74, 6) is 2.11. The van der Waals surface area contributed by atoms with Crippen LogP contribution in [0.4, 0.5) is 0 Å². The van der Waals surface area contributed by atoms with Crippen LogP contribution in [-0.4, -0.2) is 61.9 Å². The van der Waals surface area contributed by atoms with Crippen molar-refractivity contribution in [1.29, 1.82) is 0 Å². The summed E-state index contributed by atoms with van der Waals surface area (Å²) in [5.41, 5.74) is 0. The lowest BCUT2D eigenvalue weighted by atomic mass is 9.96. The number of nitrogens with one attached hydrogen (secondary N) is 3. The summed E-state index contributed by atoms with van der Waals surface area (Å²) < 4.78 is 0. The lowest BCUT2D eigenvalue weighted by Gasteiger charge is -2.10. The third kappa shape index (κ3) is 2.96. The summed E-state index contributed by atoms with van der Waals surface area (Å²) in [6.45, 7) is 0. The van der Waals surface area contributed by atoms with E-state index >= 15 is 0 Å². The van der Waals surface area contributed by atoms with Gasteiger partial charge in [-0.25, -0.2) is 0 Å². The number of rotatable bonds is 7. The number of H-pyrrole nitrogens is 3. The molecule has 0 atom stereocenters. The van der Waals surface area contributed by atoms with Gasteiger partial charge in [-0.15, -0.1) is 30.6 Å². The maximum absolute atomic E-state index is 4.04. The van der Waals surface area contributed by atoms with Crippen LogP contribution in [0.5, 0.6) is 0 Å². The van der Waals surface area contributed by atoms with Crippen LogP contribution in [0.3, 0.4) is 0 Å². The molecule has 0 saturated heterocycles. The zero-order valence-electron chi connectivity index (χ0n) is 10.4. The Morgan fingerprint density at radius 1 is 0.700 bits per heavy atom. The van der Waals surface area contributed by atoms with Crippen molar-refractivity contribution in [2.24, 2.45) is 0 Å². The average molecular weight is 276 g/mol. The van der Waals surface area contributed by atoms with Crippen molar-refractivity contribution in [3.05, 3.63) is 17.5 Å². The van der Waals surface area contributed by atoms with E-state index in [1.807, 2.05) is 0 Å². The summed E-state index contributed by atoms with van der Waals surface area (Å²) in [6, 6.07) is 0. The first-order valence-corrected chi connectivity index (χ1v) is 6.10. The Morgan fingerprint density at radius 2 is 1.25 bits per heavy atom. The molecule has 3 aromatic heterocycles. The fraction of sp³-hybridized carbons (Fsp3) is 0.625. The molecular formula is C8H12N12. The maximum Gasteiger partial charge on any atom is 0.177 e. The van der Waals surface area contributed by atoms with Gasteiger partial charge in [0.25, 0.3) is 0 Å². The maximum atomic E-state index is 4.04. The molecule has 0 unspecified atom stereocenters. The van der Waals surface area contributed by atoms with Gasteiger partial charge in [-0.3, -0.25) is 0 Å². The fourth-order valence-corrected chi connectivity index (χ4v) is 1.93. The van der Waals surface area contributed by atoms with Crippen molar-refractivity contribution >= 4 is 0 Å². The van der Waals surface area contributed by atoms with Gasteiger partial charge in [-0.1, -0.05) is 15.6 Å². The molecule has 0 aromatic carbocycles. The van der Waals surface area contributed by atoms with Crippen LogP contribution in [0, 0.1) is 0 Å². The van der Waals surface area contributed by atoms with Gasteiger partial charge >= 0.3 is 0 Å². The molecule has 0 fully saturated rings. The number of aryl methyl sites for hydroxylation is 2. The second kappa shape index (κ2) is 5.90. The monoisotopic (exact) mass is 276 g/mol. The van der Waals surface area contributed by atoms with E-state index in [9.17, 15) is 0 Å². The zero-order valence-corrected chi connectivity index (χ0v) is 10.4. The molecule has 0 aliphatic carbocycles. The van der Waals surface area contributed by atoms with Crippen LogP contribution >= 0.6 is 0 Å². The summed E-state index contributed by atoms with van der Waals surface area (Å²) in [6.07, 6.45) is 2.94. The third-order valence-electron chi connectivity index (χ3n) is 2.94. The van der Waals surface area contributed by atoms with Gasteiger partial charge in [0.05, 0.1) is 0 Å². The first kappa shape index (κ1) is 12.3. The Morgan fingerprint density at radius 3 is 1.70 bits per heavy atom. The van der Waals surface area contributed by atoms with Crippen molar-refractivity contribution in [3.63, 3.8) is 0 Å². The average Bonchev–Trinajstić information content (AvgIpc) is 3.22. The van der Waals surface area contributed by atoms with E-state index in [0.29, 0.717) is 30.3 Å². The normalized spacial score (nSPS) is 11.2. The lowest BCUT2D eigenvalue weighted by molar-refractivity contribution is 0.534. The predicted octanol–water partition coefficient (Wildman–Crippen LogP) is -1.42. The quantitative estimate of drug-likeness (QED) is 0.469. The van der Waals surface area contributed by atoms with Crippen molar-refractivity contribution in [2.45, 2.75) is 31.6 Å². The Kier molecular flexibility index (Phi) is 3.62. The van der Waals surface area contributed by atoms with Crippen LogP contribution in [0.15, 0.2) is 0 Å². The third-order valence-corrected chi connectivity index (χ3v) is 2.94. The minimum Gasteiger partial charge on any atom is -0.177 e. The van der Waals surface area contributed by atoms with E-state index < -0.39 is 0 Å². The molecule has 0 spiro atoms. The Labute approximate surface area is 112 Å². The first-order chi connectivity index (χ1) is 9.92. The molecule has 20 heavy (non-hydrogen) atoms.